The third kappa shape index (κ3) is 4.90. The third-order valence-corrected chi connectivity index (χ3v) is 3.77. The number of halogens is 1. The highest BCUT2D eigenvalue weighted by atomic mass is 19.1. The number of rotatable bonds is 6. The maximum Gasteiger partial charge on any atom is 0.123 e. The van der Waals surface area contributed by atoms with Crippen LogP contribution < -0.4 is 5.73 Å². The fourth-order valence-corrected chi connectivity index (χ4v) is 2.49. The van der Waals surface area contributed by atoms with E-state index in [1.54, 1.807) is 12.1 Å². The van der Waals surface area contributed by atoms with Gasteiger partial charge in [-0.05, 0) is 43.6 Å². The van der Waals surface area contributed by atoms with Gasteiger partial charge in [0.1, 0.15) is 5.82 Å². The summed E-state index contributed by atoms with van der Waals surface area (Å²) in [5, 5.41) is 0. The molecule has 2 N–H and O–H groups in total. The molecule has 106 valence electrons. The van der Waals surface area contributed by atoms with Crippen LogP contribution in [0, 0.1) is 5.82 Å². The molecule has 0 bridgehead atoms. The molecule has 0 aromatic heterocycles. The van der Waals surface area contributed by atoms with Crippen molar-refractivity contribution in [2.75, 3.05) is 45.8 Å². The van der Waals surface area contributed by atoms with E-state index >= 15 is 0 Å². The Labute approximate surface area is 115 Å². The molecule has 0 saturated carbocycles. The van der Waals surface area contributed by atoms with Crippen LogP contribution in [0.15, 0.2) is 24.3 Å². The van der Waals surface area contributed by atoms with E-state index in [4.69, 9.17) is 5.73 Å². The Balaban J connectivity index is 1.67. The summed E-state index contributed by atoms with van der Waals surface area (Å²) < 4.78 is 12.8. The zero-order chi connectivity index (χ0) is 13.5. The van der Waals surface area contributed by atoms with Crippen molar-refractivity contribution in [3.05, 3.63) is 35.6 Å². The van der Waals surface area contributed by atoms with E-state index < -0.39 is 0 Å². The monoisotopic (exact) mass is 265 g/mol. The van der Waals surface area contributed by atoms with Crippen molar-refractivity contribution >= 4 is 0 Å². The quantitative estimate of drug-likeness (QED) is 0.842. The highest BCUT2D eigenvalue weighted by Crippen LogP contribution is 2.07. The zero-order valence-corrected chi connectivity index (χ0v) is 11.5. The first-order valence-corrected chi connectivity index (χ1v) is 7.17. The summed E-state index contributed by atoms with van der Waals surface area (Å²) in [6.45, 7) is 7.52. The second-order valence-electron chi connectivity index (χ2n) is 5.20. The summed E-state index contributed by atoms with van der Waals surface area (Å²) in [6, 6.07) is 6.85. The van der Waals surface area contributed by atoms with Crippen molar-refractivity contribution in [1.29, 1.82) is 0 Å². The van der Waals surface area contributed by atoms with Crippen LogP contribution in [0.2, 0.25) is 0 Å². The van der Waals surface area contributed by atoms with Crippen LogP contribution in [0.5, 0.6) is 0 Å². The average Bonchev–Trinajstić information content (AvgIpc) is 2.46. The predicted molar refractivity (Wildman–Crippen MR) is 76.7 cm³/mol. The summed E-state index contributed by atoms with van der Waals surface area (Å²) in [6.07, 6.45) is 2.10. The van der Waals surface area contributed by atoms with E-state index in [0.717, 1.165) is 58.7 Å². The molecule has 1 aliphatic rings. The molecule has 4 heteroatoms. The topological polar surface area (TPSA) is 32.5 Å². The van der Waals surface area contributed by atoms with E-state index in [9.17, 15) is 4.39 Å². The Morgan fingerprint density at radius 2 is 1.53 bits per heavy atom. The molecule has 0 spiro atoms. The summed E-state index contributed by atoms with van der Waals surface area (Å²) in [5.41, 5.74) is 6.75. The minimum absolute atomic E-state index is 0.155. The van der Waals surface area contributed by atoms with Gasteiger partial charge in [-0.3, -0.25) is 0 Å². The molecule has 1 aromatic carbocycles. The van der Waals surface area contributed by atoms with Gasteiger partial charge in [0.15, 0.2) is 0 Å². The van der Waals surface area contributed by atoms with Gasteiger partial charge in [0.25, 0.3) is 0 Å². The van der Waals surface area contributed by atoms with Gasteiger partial charge in [0.05, 0.1) is 0 Å². The lowest BCUT2D eigenvalue weighted by molar-refractivity contribution is 0.133. The molecule has 1 aliphatic heterocycles. The van der Waals surface area contributed by atoms with Crippen molar-refractivity contribution in [2.24, 2.45) is 5.73 Å². The van der Waals surface area contributed by atoms with E-state index in [0.29, 0.717) is 0 Å². The molecule has 0 aliphatic carbocycles. The normalized spacial score (nSPS) is 17.8. The van der Waals surface area contributed by atoms with Crippen LogP contribution >= 0.6 is 0 Å². The molecule has 19 heavy (non-hydrogen) atoms. The van der Waals surface area contributed by atoms with E-state index in [-0.39, 0.29) is 5.82 Å². The molecular weight excluding hydrogens is 241 g/mol. The summed E-state index contributed by atoms with van der Waals surface area (Å²) >= 11 is 0. The fourth-order valence-electron chi connectivity index (χ4n) is 2.49. The molecule has 1 aromatic rings. The standard InChI is InChI=1S/C15H24FN3/c16-15-4-2-14(3-5-15)6-9-19-12-10-18(11-13-19)8-1-7-17/h2-5H,1,6-13,17H2. The van der Waals surface area contributed by atoms with Gasteiger partial charge < -0.3 is 15.5 Å². The highest BCUT2D eigenvalue weighted by Gasteiger charge is 2.15. The smallest absolute Gasteiger partial charge is 0.123 e. The fraction of sp³-hybridized carbons (Fsp3) is 0.600. The predicted octanol–water partition coefficient (Wildman–Crippen LogP) is 1.33. The first-order valence-electron chi connectivity index (χ1n) is 7.17. The van der Waals surface area contributed by atoms with E-state index in [2.05, 4.69) is 9.80 Å². The van der Waals surface area contributed by atoms with Crippen molar-refractivity contribution in [2.45, 2.75) is 12.8 Å². The molecule has 2 rings (SSSR count). The summed E-state index contributed by atoms with van der Waals surface area (Å²) in [7, 11) is 0. The van der Waals surface area contributed by atoms with E-state index in [1.165, 1.54) is 5.56 Å². The van der Waals surface area contributed by atoms with Gasteiger partial charge in [-0.25, -0.2) is 4.39 Å². The lowest BCUT2D eigenvalue weighted by Gasteiger charge is -2.34. The largest absolute Gasteiger partial charge is 0.330 e. The average molecular weight is 265 g/mol. The molecule has 1 heterocycles. The molecule has 1 fully saturated rings. The lowest BCUT2D eigenvalue weighted by Crippen LogP contribution is -2.47. The van der Waals surface area contributed by atoms with Gasteiger partial charge in [-0.1, -0.05) is 12.1 Å². The van der Waals surface area contributed by atoms with Crippen molar-refractivity contribution in [1.82, 2.24) is 9.80 Å². The Morgan fingerprint density at radius 3 is 2.11 bits per heavy atom. The van der Waals surface area contributed by atoms with Crippen molar-refractivity contribution < 1.29 is 4.39 Å². The van der Waals surface area contributed by atoms with E-state index in [1.807, 2.05) is 12.1 Å². The zero-order valence-electron chi connectivity index (χ0n) is 11.5. The Morgan fingerprint density at radius 1 is 0.947 bits per heavy atom. The van der Waals surface area contributed by atoms with Crippen LogP contribution in [0.1, 0.15) is 12.0 Å². The van der Waals surface area contributed by atoms with Crippen LogP contribution in [0.3, 0.4) is 0 Å². The first-order chi connectivity index (χ1) is 9.28. The van der Waals surface area contributed by atoms with Crippen LogP contribution in [-0.2, 0) is 6.42 Å². The molecule has 0 atom stereocenters. The Hall–Kier alpha value is -0.970. The van der Waals surface area contributed by atoms with Gasteiger partial charge in [-0.2, -0.15) is 0 Å². The maximum atomic E-state index is 12.8. The van der Waals surface area contributed by atoms with Crippen LogP contribution in [0.4, 0.5) is 4.39 Å². The summed E-state index contributed by atoms with van der Waals surface area (Å²) in [5.74, 6) is -0.155. The SMILES string of the molecule is NCCCN1CCN(CCc2ccc(F)cc2)CC1. The Kier molecular flexibility index (Phi) is 5.76. The maximum absolute atomic E-state index is 12.8. The minimum atomic E-state index is -0.155. The molecule has 0 amide bonds. The van der Waals surface area contributed by atoms with Crippen LogP contribution in [0.25, 0.3) is 0 Å². The number of nitrogens with two attached hydrogens (primary N) is 1. The molecular formula is C15H24FN3. The first kappa shape index (κ1) is 14.4. The second-order valence-corrected chi connectivity index (χ2v) is 5.20. The van der Waals surface area contributed by atoms with Crippen molar-refractivity contribution in [3.63, 3.8) is 0 Å². The highest BCUT2D eigenvalue weighted by molar-refractivity contribution is 5.16. The van der Waals surface area contributed by atoms with Crippen molar-refractivity contribution in [3.8, 4) is 0 Å². The molecule has 3 nitrogen and oxygen atoms in total. The van der Waals surface area contributed by atoms with Gasteiger partial charge in [-0.15, -0.1) is 0 Å². The number of hydrogen-bond donors (Lipinski definition) is 1. The lowest BCUT2D eigenvalue weighted by atomic mass is 10.1. The minimum Gasteiger partial charge on any atom is -0.330 e. The third-order valence-electron chi connectivity index (χ3n) is 3.77. The second kappa shape index (κ2) is 7.58. The molecule has 1 saturated heterocycles. The number of hydrogen-bond acceptors (Lipinski definition) is 3. The molecule has 0 radical (unpaired) electrons. The molecule has 0 unspecified atom stereocenters. The Bertz CT molecular complexity index is 358. The summed E-state index contributed by atoms with van der Waals surface area (Å²) in [4.78, 5) is 4.98. The van der Waals surface area contributed by atoms with Crippen LogP contribution in [-0.4, -0.2) is 55.6 Å². The van der Waals surface area contributed by atoms with Gasteiger partial charge in [0.2, 0.25) is 0 Å². The van der Waals surface area contributed by atoms with Gasteiger partial charge in [0, 0.05) is 32.7 Å². The number of nitrogens with zero attached hydrogens (tertiary/aromatic N) is 2. The number of piperazine rings is 1. The van der Waals surface area contributed by atoms with Gasteiger partial charge >= 0.3 is 0 Å². The number of benzene rings is 1.